The predicted octanol–water partition coefficient (Wildman–Crippen LogP) is 2.79. The van der Waals surface area contributed by atoms with Gasteiger partial charge < -0.3 is 10.6 Å². The van der Waals surface area contributed by atoms with Crippen LogP contribution in [0, 0.1) is 0 Å². The molecule has 1 aliphatic rings. The summed E-state index contributed by atoms with van der Waals surface area (Å²) < 4.78 is 0. The van der Waals surface area contributed by atoms with E-state index in [0.717, 1.165) is 31.6 Å². The summed E-state index contributed by atoms with van der Waals surface area (Å²) in [5.74, 6) is 2.15. The fourth-order valence-corrected chi connectivity index (χ4v) is 3.21. The molecule has 4 nitrogen and oxygen atoms in total. The topological polar surface area (TPSA) is 39.7 Å². The molecule has 21 heavy (non-hydrogen) atoms. The Labute approximate surface area is 152 Å². The highest BCUT2D eigenvalue weighted by molar-refractivity contribution is 14.0. The van der Waals surface area contributed by atoms with Gasteiger partial charge in [0, 0.05) is 32.7 Å². The van der Waals surface area contributed by atoms with Crippen LogP contribution in [0.15, 0.2) is 4.99 Å². The molecule has 1 saturated heterocycles. The zero-order valence-electron chi connectivity index (χ0n) is 13.9. The van der Waals surface area contributed by atoms with Crippen molar-refractivity contribution in [3.8, 4) is 0 Å². The lowest BCUT2D eigenvalue weighted by molar-refractivity contribution is 0.147. The average molecular weight is 428 g/mol. The number of hydrogen-bond donors (Lipinski definition) is 2. The van der Waals surface area contributed by atoms with E-state index in [2.05, 4.69) is 33.7 Å². The number of halogens is 1. The molecule has 0 spiro atoms. The molecule has 0 saturated carbocycles. The van der Waals surface area contributed by atoms with Crippen LogP contribution in [-0.2, 0) is 0 Å². The Balaban J connectivity index is 0.00000400. The highest BCUT2D eigenvalue weighted by atomic mass is 127. The monoisotopic (exact) mass is 428 g/mol. The molecule has 0 bridgehead atoms. The van der Waals surface area contributed by atoms with E-state index in [4.69, 9.17) is 0 Å². The average Bonchev–Trinajstić information content (AvgIpc) is 2.50. The van der Waals surface area contributed by atoms with Gasteiger partial charge in [0.15, 0.2) is 5.96 Å². The number of thioether (sulfide) groups is 1. The van der Waals surface area contributed by atoms with Gasteiger partial charge in [0.25, 0.3) is 0 Å². The molecule has 0 aromatic carbocycles. The van der Waals surface area contributed by atoms with Crippen molar-refractivity contribution in [3.05, 3.63) is 0 Å². The van der Waals surface area contributed by atoms with Crippen molar-refractivity contribution >= 4 is 41.7 Å². The Morgan fingerprint density at radius 2 is 2.05 bits per heavy atom. The van der Waals surface area contributed by atoms with Gasteiger partial charge in [-0.25, -0.2) is 0 Å². The van der Waals surface area contributed by atoms with Crippen LogP contribution in [0.3, 0.4) is 0 Å². The Morgan fingerprint density at radius 3 is 2.71 bits per heavy atom. The van der Waals surface area contributed by atoms with Crippen molar-refractivity contribution < 1.29 is 0 Å². The number of piperidine rings is 1. The van der Waals surface area contributed by atoms with Crippen molar-refractivity contribution in [2.24, 2.45) is 4.99 Å². The second-order valence-corrected chi connectivity index (χ2v) is 6.35. The Kier molecular flexibility index (Phi) is 14.1. The van der Waals surface area contributed by atoms with E-state index < -0.39 is 0 Å². The van der Waals surface area contributed by atoms with Crippen LogP contribution < -0.4 is 10.6 Å². The highest BCUT2D eigenvalue weighted by Crippen LogP contribution is 2.18. The van der Waals surface area contributed by atoms with Crippen LogP contribution >= 0.6 is 35.7 Å². The zero-order chi connectivity index (χ0) is 14.6. The number of rotatable bonds is 8. The molecule has 0 aromatic rings. The molecule has 0 radical (unpaired) electrons. The van der Waals surface area contributed by atoms with E-state index in [1.165, 1.54) is 44.4 Å². The van der Waals surface area contributed by atoms with Crippen molar-refractivity contribution in [2.45, 2.75) is 45.1 Å². The molecule has 0 aliphatic carbocycles. The first-order chi connectivity index (χ1) is 9.81. The summed E-state index contributed by atoms with van der Waals surface area (Å²) in [6.45, 7) is 6.69. The lowest BCUT2D eigenvalue weighted by atomic mass is 10.0. The molecule has 0 aromatic heterocycles. The fraction of sp³-hybridized carbons (Fsp3) is 0.933. The maximum atomic E-state index is 4.28. The minimum absolute atomic E-state index is 0. The molecule has 0 amide bonds. The standard InChI is InChI=1S/C15H32N4S.HI/c1-4-14-8-5-6-11-19(14)12-10-18-15(16-2)17-9-7-13-20-3;/h14H,4-13H2,1-3H3,(H2,16,17,18);1H. The summed E-state index contributed by atoms with van der Waals surface area (Å²) in [4.78, 5) is 6.91. The normalized spacial score (nSPS) is 20.0. The molecule has 126 valence electrons. The minimum Gasteiger partial charge on any atom is -0.356 e. The first kappa shape index (κ1) is 21.3. The Morgan fingerprint density at radius 1 is 1.29 bits per heavy atom. The maximum absolute atomic E-state index is 4.28. The van der Waals surface area contributed by atoms with Gasteiger partial charge in [0.2, 0.25) is 0 Å². The van der Waals surface area contributed by atoms with Crippen LogP contribution in [-0.4, -0.2) is 62.1 Å². The van der Waals surface area contributed by atoms with Gasteiger partial charge in [-0.3, -0.25) is 9.89 Å². The van der Waals surface area contributed by atoms with Gasteiger partial charge in [-0.2, -0.15) is 11.8 Å². The van der Waals surface area contributed by atoms with Crippen LogP contribution in [0.5, 0.6) is 0 Å². The van der Waals surface area contributed by atoms with Crippen molar-refractivity contribution in [1.29, 1.82) is 0 Å². The second-order valence-electron chi connectivity index (χ2n) is 5.37. The lowest BCUT2D eigenvalue weighted by Gasteiger charge is -2.35. The molecule has 1 rings (SSSR count). The molecule has 6 heteroatoms. The Hall–Kier alpha value is 0.310. The molecule has 1 unspecified atom stereocenters. The third-order valence-electron chi connectivity index (χ3n) is 3.95. The summed E-state index contributed by atoms with van der Waals surface area (Å²) in [5, 5.41) is 6.80. The van der Waals surface area contributed by atoms with Gasteiger partial charge in [0.1, 0.15) is 0 Å². The molecule has 1 aliphatic heterocycles. The molecular weight excluding hydrogens is 395 g/mol. The summed E-state index contributed by atoms with van der Waals surface area (Å²) in [7, 11) is 1.85. The minimum atomic E-state index is 0. The highest BCUT2D eigenvalue weighted by Gasteiger charge is 2.19. The lowest BCUT2D eigenvalue weighted by Crippen LogP contribution is -2.46. The number of guanidine groups is 1. The smallest absolute Gasteiger partial charge is 0.191 e. The van der Waals surface area contributed by atoms with Gasteiger partial charge in [-0.1, -0.05) is 13.3 Å². The van der Waals surface area contributed by atoms with Gasteiger partial charge in [-0.15, -0.1) is 24.0 Å². The van der Waals surface area contributed by atoms with Gasteiger partial charge in [-0.05, 0) is 44.2 Å². The third kappa shape index (κ3) is 9.13. The molecular formula is C15H33IN4S. The van der Waals surface area contributed by atoms with E-state index in [1.54, 1.807) is 0 Å². The summed E-state index contributed by atoms with van der Waals surface area (Å²) >= 11 is 1.89. The van der Waals surface area contributed by atoms with E-state index in [1.807, 2.05) is 18.8 Å². The summed E-state index contributed by atoms with van der Waals surface area (Å²) in [5.41, 5.74) is 0. The van der Waals surface area contributed by atoms with E-state index in [9.17, 15) is 0 Å². The maximum Gasteiger partial charge on any atom is 0.191 e. The van der Waals surface area contributed by atoms with Crippen LogP contribution in [0.4, 0.5) is 0 Å². The number of nitrogens with one attached hydrogen (secondary N) is 2. The van der Waals surface area contributed by atoms with Crippen LogP contribution in [0.1, 0.15) is 39.0 Å². The van der Waals surface area contributed by atoms with Gasteiger partial charge in [0.05, 0.1) is 0 Å². The number of likely N-dealkylation sites (tertiary alicyclic amines) is 1. The van der Waals surface area contributed by atoms with Crippen molar-refractivity contribution in [2.75, 3.05) is 45.2 Å². The zero-order valence-corrected chi connectivity index (χ0v) is 17.0. The van der Waals surface area contributed by atoms with Crippen LogP contribution in [0.2, 0.25) is 0 Å². The summed E-state index contributed by atoms with van der Waals surface area (Å²) in [6, 6.07) is 0.794. The number of aliphatic imine (C=N–C) groups is 1. The Bertz CT molecular complexity index is 276. The molecule has 1 heterocycles. The first-order valence-electron chi connectivity index (χ1n) is 7.99. The number of hydrogen-bond acceptors (Lipinski definition) is 3. The SMILES string of the molecule is CCC1CCCCN1CCNC(=NC)NCCCSC.I. The second kappa shape index (κ2) is 13.9. The number of nitrogens with zero attached hydrogens (tertiary/aromatic N) is 2. The first-order valence-corrected chi connectivity index (χ1v) is 9.38. The third-order valence-corrected chi connectivity index (χ3v) is 4.65. The quantitative estimate of drug-likeness (QED) is 0.270. The van der Waals surface area contributed by atoms with E-state index >= 15 is 0 Å². The molecule has 1 atom stereocenters. The fourth-order valence-electron chi connectivity index (χ4n) is 2.78. The van der Waals surface area contributed by atoms with E-state index in [0.29, 0.717) is 0 Å². The van der Waals surface area contributed by atoms with Crippen LogP contribution in [0.25, 0.3) is 0 Å². The largest absolute Gasteiger partial charge is 0.356 e. The molecule has 1 fully saturated rings. The molecule has 2 N–H and O–H groups in total. The van der Waals surface area contributed by atoms with Crippen molar-refractivity contribution in [1.82, 2.24) is 15.5 Å². The predicted molar refractivity (Wildman–Crippen MR) is 107 cm³/mol. The van der Waals surface area contributed by atoms with E-state index in [-0.39, 0.29) is 24.0 Å². The van der Waals surface area contributed by atoms with Gasteiger partial charge >= 0.3 is 0 Å². The van der Waals surface area contributed by atoms with Crippen molar-refractivity contribution in [3.63, 3.8) is 0 Å². The summed E-state index contributed by atoms with van der Waals surface area (Å²) in [6.07, 6.45) is 8.75.